The molecule has 0 saturated carbocycles. The Kier molecular flexibility index (Phi) is 6.73. The minimum absolute atomic E-state index is 0.120. The Morgan fingerprint density at radius 2 is 2.04 bits per heavy atom. The topological polar surface area (TPSA) is 63.3 Å². The number of carbonyl (C=O) groups is 1. The van der Waals surface area contributed by atoms with E-state index in [1.807, 2.05) is 42.6 Å². The van der Waals surface area contributed by atoms with Crippen molar-refractivity contribution in [2.75, 3.05) is 20.3 Å². The second-order valence-electron chi connectivity index (χ2n) is 6.49. The molecule has 0 fully saturated rings. The highest BCUT2D eigenvalue weighted by molar-refractivity contribution is 5.91. The largest absolute Gasteiger partial charge is 0.493 e. The van der Waals surface area contributed by atoms with E-state index in [1.54, 1.807) is 13.2 Å². The number of nitrogens with one attached hydrogen (secondary N) is 2. The highest BCUT2D eigenvalue weighted by Gasteiger charge is 2.05. The van der Waals surface area contributed by atoms with E-state index in [1.165, 1.54) is 17.0 Å². The number of hydrogen-bond acceptors (Lipinski definition) is 3. The van der Waals surface area contributed by atoms with Crippen LogP contribution in [0.2, 0.25) is 0 Å². The number of fused-ring (bicyclic) bond motifs is 1. The average Bonchev–Trinajstić information content (AvgIpc) is 3.14. The van der Waals surface area contributed by atoms with Crippen molar-refractivity contribution in [2.45, 2.75) is 19.8 Å². The minimum Gasteiger partial charge on any atom is -0.493 e. The molecule has 2 N–H and O–H groups in total. The first-order chi connectivity index (χ1) is 13.7. The van der Waals surface area contributed by atoms with Crippen molar-refractivity contribution in [1.82, 2.24) is 10.3 Å². The first-order valence-electron chi connectivity index (χ1n) is 9.53. The summed E-state index contributed by atoms with van der Waals surface area (Å²) in [6.07, 6.45) is 7.02. The molecule has 146 valence electrons. The van der Waals surface area contributed by atoms with Gasteiger partial charge in [0, 0.05) is 29.7 Å². The lowest BCUT2D eigenvalue weighted by molar-refractivity contribution is -0.116. The molecule has 2 aromatic carbocycles. The Labute approximate surface area is 165 Å². The lowest BCUT2D eigenvalue weighted by Gasteiger charge is -2.10. The summed E-state index contributed by atoms with van der Waals surface area (Å²) in [4.78, 5) is 15.4. The van der Waals surface area contributed by atoms with Gasteiger partial charge in [0.25, 0.3) is 0 Å². The van der Waals surface area contributed by atoms with Crippen LogP contribution in [0.3, 0.4) is 0 Å². The Bertz CT molecular complexity index is 959. The summed E-state index contributed by atoms with van der Waals surface area (Å²) in [5, 5.41) is 4.13. The molecule has 0 unspecified atom stereocenters. The zero-order valence-electron chi connectivity index (χ0n) is 16.3. The Balaban J connectivity index is 1.53. The molecule has 0 aliphatic rings. The molecule has 0 aliphatic carbocycles. The lowest BCUT2D eigenvalue weighted by atomic mass is 10.1. The third-order valence-corrected chi connectivity index (χ3v) is 4.45. The molecule has 3 rings (SSSR count). The number of amides is 1. The second-order valence-corrected chi connectivity index (χ2v) is 6.49. The van der Waals surface area contributed by atoms with E-state index in [0.717, 1.165) is 23.9 Å². The number of benzene rings is 2. The lowest BCUT2D eigenvalue weighted by Crippen LogP contribution is -2.23. The molecule has 3 aromatic rings. The molecule has 0 radical (unpaired) electrons. The van der Waals surface area contributed by atoms with E-state index >= 15 is 0 Å². The summed E-state index contributed by atoms with van der Waals surface area (Å²) in [5.41, 5.74) is 3.20. The molecule has 28 heavy (non-hydrogen) atoms. The van der Waals surface area contributed by atoms with E-state index in [-0.39, 0.29) is 5.91 Å². The van der Waals surface area contributed by atoms with Crippen LogP contribution >= 0.6 is 0 Å². The number of methoxy groups -OCH3 is 1. The third kappa shape index (κ3) is 4.94. The van der Waals surface area contributed by atoms with Crippen molar-refractivity contribution >= 4 is 22.9 Å². The molecule has 0 atom stereocenters. The zero-order chi connectivity index (χ0) is 19.8. The maximum Gasteiger partial charge on any atom is 0.244 e. The van der Waals surface area contributed by atoms with Crippen LogP contribution in [0.25, 0.3) is 17.0 Å². The molecule has 0 spiro atoms. The van der Waals surface area contributed by atoms with Crippen LogP contribution in [-0.4, -0.2) is 31.2 Å². The summed E-state index contributed by atoms with van der Waals surface area (Å²) >= 11 is 0. The summed E-state index contributed by atoms with van der Waals surface area (Å²) in [6, 6.07) is 13.8. The monoisotopic (exact) mass is 378 g/mol. The standard InChI is InChI=1S/C23H26N2O3/c1-3-14-28-21-10-8-17(15-22(21)27-2)9-11-23(26)24-13-12-18-16-25-20-7-5-4-6-19(18)20/h4-11,15-16,25H,3,12-14H2,1-2H3,(H,24,26)/b11-9+. The zero-order valence-corrected chi connectivity index (χ0v) is 16.3. The van der Waals surface area contributed by atoms with Crippen molar-refractivity contribution in [3.63, 3.8) is 0 Å². The van der Waals surface area contributed by atoms with E-state index in [0.29, 0.717) is 24.7 Å². The van der Waals surface area contributed by atoms with Gasteiger partial charge >= 0.3 is 0 Å². The Morgan fingerprint density at radius 1 is 1.18 bits per heavy atom. The van der Waals surface area contributed by atoms with Gasteiger partial charge in [0.1, 0.15) is 0 Å². The fraction of sp³-hybridized carbons (Fsp3) is 0.261. The van der Waals surface area contributed by atoms with Crippen LogP contribution in [0, 0.1) is 0 Å². The van der Waals surface area contributed by atoms with Crippen LogP contribution in [0.15, 0.2) is 54.7 Å². The first kappa shape index (κ1) is 19.5. The van der Waals surface area contributed by atoms with Crippen molar-refractivity contribution in [1.29, 1.82) is 0 Å². The Morgan fingerprint density at radius 3 is 2.86 bits per heavy atom. The van der Waals surface area contributed by atoms with Crippen molar-refractivity contribution in [3.05, 3.63) is 65.9 Å². The number of aromatic amines is 1. The van der Waals surface area contributed by atoms with E-state index < -0.39 is 0 Å². The number of ether oxygens (including phenoxy) is 2. The summed E-state index contributed by atoms with van der Waals surface area (Å²) < 4.78 is 11.0. The van der Waals surface area contributed by atoms with Crippen molar-refractivity contribution in [2.24, 2.45) is 0 Å². The van der Waals surface area contributed by atoms with Gasteiger partial charge in [-0.15, -0.1) is 0 Å². The molecule has 1 heterocycles. The van der Waals surface area contributed by atoms with E-state index in [4.69, 9.17) is 9.47 Å². The minimum atomic E-state index is -0.120. The number of H-pyrrole nitrogens is 1. The molecule has 0 aliphatic heterocycles. The highest BCUT2D eigenvalue weighted by Crippen LogP contribution is 2.28. The highest BCUT2D eigenvalue weighted by atomic mass is 16.5. The van der Waals surface area contributed by atoms with Crippen LogP contribution in [-0.2, 0) is 11.2 Å². The number of carbonyl (C=O) groups excluding carboxylic acids is 1. The number of para-hydroxylation sites is 1. The molecular weight excluding hydrogens is 352 g/mol. The normalized spacial score (nSPS) is 11.1. The smallest absolute Gasteiger partial charge is 0.244 e. The fourth-order valence-electron chi connectivity index (χ4n) is 3.01. The summed E-state index contributed by atoms with van der Waals surface area (Å²) in [7, 11) is 1.61. The molecule has 1 amide bonds. The Hall–Kier alpha value is -3.21. The second kappa shape index (κ2) is 9.65. The van der Waals surface area contributed by atoms with Crippen molar-refractivity contribution in [3.8, 4) is 11.5 Å². The van der Waals surface area contributed by atoms with Gasteiger partial charge in [0.15, 0.2) is 11.5 Å². The SMILES string of the molecule is CCCOc1ccc(/C=C/C(=O)NCCc2c[nH]c3ccccc23)cc1OC. The molecule has 5 nitrogen and oxygen atoms in total. The van der Waals surface area contributed by atoms with E-state index in [9.17, 15) is 4.79 Å². The van der Waals surface area contributed by atoms with Gasteiger partial charge in [-0.05, 0) is 48.2 Å². The van der Waals surface area contributed by atoms with Gasteiger partial charge < -0.3 is 19.8 Å². The summed E-state index contributed by atoms with van der Waals surface area (Å²) in [6.45, 7) is 3.28. The number of hydrogen-bond donors (Lipinski definition) is 2. The van der Waals surface area contributed by atoms with Gasteiger partial charge in [-0.3, -0.25) is 4.79 Å². The molecule has 0 bridgehead atoms. The third-order valence-electron chi connectivity index (χ3n) is 4.45. The van der Waals surface area contributed by atoms with Gasteiger partial charge in [-0.25, -0.2) is 0 Å². The van der Waals surface area contributed by atoms with Gasteiger partial charge in [-0.1, -0.05) is 31.2 Å². The van der Waals surface area contributed by atoms with Crippen LogP contribution in [0.5, 0.6) is 11.5 Å². The summed E-state index contributed by atoms with van der Waals surface area (Å²) in [5.74, 6) is 1.25. The molecular formula is C23H26N2O3. The molecule has 1 aromatic heterocycles. The van der Waals surface area contributed by atoms with Crippen LogP contribution < -0.4 is 14.8 Å². The predicted molar refractivity (Wildman–Crippen MR) is 113 cm³/mol. The predicted octanol–water partition coefficient (Wildman–Crippen LogP) is 4.34. The van der Waals surface area contributed by atoms with Crippen molar-refractivity contribution < 1.29 is 14.3 Å². The van der Waals surface area contributed by atoms with Crippen LogP contribution in [0.1, 0.15) is 24.5 Å². The quantitative estimate of drug-likeness (QED) is 0.545. The molecule has 0 saturated heterocycles. The van der Waals surface area contributed by atoms with Gasteiger partial charge in [0.05, 0.1) is 13.7 Å². The fourth-order valence-corrected chi connectivity index (χ4v) is 3.01. The first-order valence-corrected chi connectivity index (χ1v) is 9.53. The number of aromatic nitrogens is 1. The van der Waals surface area contributed by atoms with Crippen LogP contribution in [0.4, 0.5) is 0 Å². The maximum absolute atomic E-state index is 12.1. The number of rotatable bonds is 9. The molecule has 5 heteroatoms. The maximum atomic E-state index is 12.1. The van der Waals surface area contributed by atoms with Gasteiger partial charge in [-0.2, -0.15) is 0 Å². The average molecular weight is 378 g/mol. The van der Waals surface area contributed by atoms with E-state index in [2.05, 4.69) is 23.3 Å². The van der Waals surface area contributed by atoms with Gasteiger partial charge in [0.2, 0.25) is 5.91 Å².